The van der Waals surface area contributed by atoms with E-state index in [1.807, 2.05) is 74.5 Å². The smallest absolute Gasteiger partial charge is 0.342 e. The van der Waals surface area contributed by atoms with Crippen LogP contribution in [-0.4, -0.2) is 35.2 Å². The van der Waals surface area contributed by atoms with Crippen LogP contribution >= 0.6 is 0 Å². The summed E-state index contributed by atoms with van der Waals surface area (Å²) in [4.78, 5) is 25.7. The van der Waals surface area contributed by atoms with Gasteiger partial charge in [0.25, 0.3) is 0 Å². The molecule has 3 aromatic carbocycles. The van der Waals surface area contributed by atoms with E-state index in [0.717, 1.165) is 22.4 Å². The molecule has 0 unspecified atom stereocenters. The number of ketones is 1. The van der Waals surface area contributed by atoms with Crippen LogP contribution in [0.15, 0.2) is 79.0 Å². The summed E-state index contributed by atoms with van der Waals surface area (Å²) in [5, 5.41) is 4.63. The van der Waals surface area contributed by atoms with Gasteiger partial charge in [0, 0.05) is 17.3 Å². The van der Waals surface area contributed by atoms with Crippen LogP contribution in [0, 0.1) is 13.8 Å². The van der Waals surface area contributed by atoms with Crippen LogP contribution in [0.5, 0.6) is 5.75 Å². The number of esters is 1. The van der Waals surface area contributed by atoms with Gasteiger partial charge in [-0.15, -0.1) is 0 Å². The van der Waals surface area contributed by atoms with E-state index in [2.05, 4.69) is 5.10 Å². The van der Waals surface area contributed by atoms with Gasteiger partial charge in [0.15, 0.2) is 6.61 Å². The lowest BCUT2D eigenvalue weighted by molar-refractivity contribution is 0.0475. The summed E-state index contributed by atoms with van der Waals surface area (Å²) < 4.78 is 12.3. The van der Waals surface area contributed by atoms with E-state index in [1.54, 1.807) is 30.1 Å². The van der Waals surface area contributed by atoms with Crippen LogP contribution < -0.4 is 4.74 Å². The molecule has 1 heterocycles. The van der Waals surface area contributed by atoms with Crippen LogP contribution in [0.4, 0.5) is 0 Å². The summed E-state index contributed by atoms with van der Waals surface area (Å²) in [5.41, 5.74) is 4.65. The number of Topliss-reactive ketones (excluding diaryl/α,β-unsaturated/α-hetero) is 1. The fraction of sp³-hybridized carbons (Fsp3) is 0.148. The Kier molecular flexibility index (Phi) is 6.36. The maximum Gasteiger partial charge on any atom is 0.342 e. The van der Waals surface area contributed by atoms with E-state index in [0.29, 0.717) is 17.0 Å². The first kappa shape index (κ1) is 22.0. The fourth-order valence-corrected chi connectivity index (χ4v) is 3.52. The van der Waals surface area contributed by atoms with Gasteiger partial charge in [-0.2, -0.15) is 5.10 Å². The standard InChI is InChI=1S/C27H24N2O4/c1-18-9-10-19(2)23(15-18)25(30)17-33-27(31)24-16-29(21-7-5-4-6-8-21)28-26(24)20-11-13-22(32-3)14-12-20/h4-16H,17H2,1-3H3. The van der Waals surface area contributed by atoms with E-state index in [9.17, 15) is 9.59 Å². The number of rotatable bonds is 7. The number of para-hydroxylation sites is 1. The second kappa shape index (κ2) is 9.53. The highest BCUT2D eigenvalue weighted by molar-refractivity contribution is 6.01. The van der Waals surface area contributed by atoms with Gasteiger partial charge in [0.05, 0.1) is 12.8 Å². The van der Waals surface area contributed by atoms with Crippen molar-refractivity contribution in [2.24, 2.45) is 0 Å². The van der Waals surface area contributed by atoms with Crippen LogP contribution in [0.3, 0.4) is 0 Å². The van der Waals surface area contributed by atoms with Crippen LogP contribution in [-0.2, 0) is 4.74 Å². The summed E-state index contributed by atoms with van der Waals surface area (Å²) in [6.45, 7) is 3.43. The zero-order valence-corrected chi connectivity index (χ0v) is 18.7. The number of aryl methyl sites for hydroxylation is 2. The fourth-order valence-electron chi connectivity index (χ4n) is 3.52. The van der Waals surface area contributed by atoms with Gasteiger partial charge in [0.2, 0.25) is 5.78 Å². The second-order valence-electron chi connectivity index (χ2n) is 7.72. The van der Waals surface area contributed by atoms with Crippen LogP contribution in [0.25, 0.3) is 16.9 Å². The van der Waals surface area contributed by atoms with E-state index >= 15 is 0 Å². The summed E-state index contributed by atoms with van der Waals surface area (Å²) in [7, 11) is 1.59. The Hall–Kier alpha value is -4.19. The number of methoxy groups -OCH3 is 1. The molecule has 166 valence electrons. The number of nitrogens with zero attached hydrogens (tertiary/aromatic N) is 2. The minimum atomic E-state index is -0.610. The van der Waals surface area contributed by atoms with Crippen molar-refractivity contribution in [2.75, 3.05) is 13.7 Å². The van der Waals surface area contributed by atoms with Crippen molar-refractivity contribution in [1.82, 2.24) is 9.78 Å². The monoisotopic (exact) mass is 440 g/mol. The number of aromatic nitrogens is 2. The number of hydrogen-bond acceptors (Lipinski definition) is 5. The Morgan fingerprint density at radius 1 is 0.909 bits per heavy atom. The zero-order chi connectivity index (χ0) is 23.4. The average molecular weight is 440 g/mol. The molecule has 0 saturated heterocycles. The van der Waals surface area contributed by atoms with Crippen molar-refractivity contribution in [3.63, 3.8) is 0 Å². The predicted octanol–water partition coefficient (Wildman–Crippen LogP) is 5.20. The first-order chi connectivity index (χ1) is 16.0. The summed E-state index contributed by atoms with van der Waals surface area (Å²) in [5.74, 6) is -0.155. The van der Waals surface area contributed by atoms with Gasteiger partial charge in [-0.1, -0.05) is 35.9 Å². The Bertz CT molecular complexity index is 1290. The number of carbonyl (C=O) groups excluding carboxylic acids is 2. The predicted molar refractivity (Wildman–Crippen MR) is 126 cm³/mol. The van der Waals surface area contributed by atoms with Crippen molar-refractivity contribution in [1.29, 1.82) is 0 Å². The number of hydrogen-bond donors (Lipinski definition) is 0. The largest absolute Gasteiger partial charge is 0.497 e. The maximum absolute atomic E-state index is 13.0. The molecule has 0 bridgehead atoms. The summed E-state index contributed by atoms with van der Waals surface area (Å²) in [6, 6.07) is 22.4. The second-order valence-corrected chi connectivity index (χ2v) is 7.72. The lowest BCUT2D eigenvalue weighted by Gasteiger charge is -2.08. The lowest BCUT2D eigenvalue weighted by Crippen LogP contribution is -2.15. The molecule has 0 saturated carbocycles. The van der Waals surface area contributed by atoms with Crippen LogP contribution in [0.2, 0.25) is 0 Å². The van der Waals surface area contributed by atoms with Gasteiger partial charge in [-0.05, 0) is 61.9 Å². The van der Waals surface area contributed by atoms with Crippen molar-refractivity contribution in [3.05, 3.63) is 101 Å². The van der Waals surface area contributed by atoms with Crippen molar-refractivity contribution in [2.45, 2.75) is 13.8 Å². The van der Waals surface area contributed by atoms with Crippen LogP contribution in [0.1, 0.15) is 31.8 Å². The molecule has 4 aromatic rings. The Morgan fingerprint density at radius 3 is 2.33 bits per heavy atom. The molecule has 6 nitrogen and oxygen atoms in total. The van der Waals surface area contributed by atoms with Crippen molar-refractivity contribution in [3.8, 4) is 22.7 Å². The summed E-state index contributed by atoms with van der Waals surface area (Å²) in [6.07, 6.45) is 1.62. The van der Waals surface area contributed by atoms with Gasteiger partial charge in [0.1, 0.15) is 17.0 Å². The first-order valence-electron chi connectivity index (χ1n) is 10.5. The molecule has 1 aromatic heterocycles. The third-order valence-corrected chi connectivity index (χ3v) is 5.35. The molecule has 0 N–H and O–H groups in total. The highest BCUT2D eigenvalue weighted by Crippen LogP contribution is 2.26. The molecule has 0 amide bonds. The van der Waals surface area contributed by atoms with Gasteiger partial charge < -0.3 is 9.47 Å². The minimum Gasteiger partial charge on any atom is -0.497 e. The number of carbonyl (C=O) groups is 2. The van der Waals surface area contributed by atoms with Gasteiger partial charge in [-0.3, -0.25) is 4.79 Å². The van der Waals surface area contributed by atoms with E-state index in [-0.39, 0.29) is 18.0 Å². The topological polar surface area (TPSA) is 70.4 Å². The molecule has 0 fully saturated rings. The highest BCUT2D eigenvalue weighted by Gasteiger charge is 2.21. The minimum absolute atomic E-state index is 0.244. The molecule has 33 heavy (non-hydrogen) atoms. The SMILES string of the molecule is COc1ccc(-c2nn(-c3ccccc3)cc2C(=O)OCC(=O)c2cc(C)ccc2C)cc1. The van der Waals surface area contributed by atoms with E-state index < -0.39 is 5.97 Å². The zero-order valence-electron chi connectivity index (χ0n) is 18.7. The Morgan fingerprint density at radius 2 is 1.64 bits per heavy atom. The molecule has 0 aliphatic rings. The molecular weight excluding hydrogens is 416 g/mol. The molecule has 4 rings (SSSR count). The number of benzene rings is 3. The van der Waals surface area contributed by atoms with E-state index in [4.69, 9.17) is 9.47 Å². The Labute approximate surface area is 192 Å². The number of ether oxygens (including phenoxy) is 2. The van der Waals surface area contributed by atoms with Crippen molar-refractivity contribution < 1.29 is 19.1 Å². The van der Waals surface area contributed by atoms with E-state index in [1.165, 1.54) is 0 Å². The van der Waals surface area contributed by atoms with Gasteiger partial charge >= 0.3 is 5.97 Å². The molecule has 0 radical (unpaired) electrons. The van der Waals surface area contributed by atoms with Crippen molar-refractivity contribution >= 4 is 11.8 Å². The quantitative estimate of drug-likeness (QED) is 0.292. The molecule has 0 atom stereocenters. The molecule has 6 heteroatoms. The molecule has 0 aliphatic carbocycles. The first-order valence-corrected chi connectivity index (χ1v) is 10.5. The normalized spacial score (nSPS) is 10.6. The molecular formula is C27H24N2O4. The average Bonchev–Trinajstić information content (AvgIpc) is 3.30. The highest BCUT2D eigenvalue weighted by atomic mass is 16.5. The maximum atomic E-state index is 13.0. The molecule has 0 aliphatic heterocycles. The summed E-state index contributed by atoms with van der Waals surface area (Å²) >= 11 is 0. The third kappa shape index (κ3) is 4.85. The Balaban J connectivity index is 1.63. The lowest BCUT2D eigenvalue weighted by atomic mass is 10.0. The third-order valence-electron chi connectivity index (χ3n) is 5.35. The molecule has 0 spiro atoms. The van der Waals surface area contributed by atoms with Gasteiger partial charge in [-0.25, -0.2) is 9.48 Å².